The molecule has 0 bridgehead atoms. The summed E-state index contributed by atoms with van der Waals surface area (Å²) in [5, 5.41) is 12.5. The van der Waals surface area contributed by atoms with Gasteiger partial charge in [0.25, 0.3) is 0 Å². The van der Waals surface area contributed by atoms with Crippen molar-refractivity contribution in [3.63, 3.8) is 0 Å². The number of rotatable bonds is 8. The minimum absolute atomic E-state index is 0.0458. The molecule has 2 rings (SSSR count). The lowest BCUT2D eigenvalue weighted by Gasteiger charge is -2.07. The summed E-state index contributed by atoms with van der Waals surface area (Å²) in [6.45, 7) is 0.469. The molecule has 2 aromatic rings. The molecule has 1 amide bonds. The smallest absolute Gasteiger partial charge is 0.220 e. The Morgan fingerprint density at radius 1 is 1.00 bits per heavy atom. The van der Waals surface area contributed by atoms with Crippen LogP contribution >= 0.6 is 15.9 Å². The lowest BCUT2D eigenvalue weighted by atomic mass is 10.1. The lowest BCUT2D eigenvalue weighted by Crippen LogP contribution is -2.25. The van der Waals surface area contributed by atoms with Crippen molar-refractivity contribution in [2.45, 2.75) is 25.7 Å². The topological polar surface area (TPSA) is 66.4 Å². The fourth-order valence-corrected chi connectivity index (χ4v) is 2.60. The van der Waals surface area contributed by atoms with Gasteiger partial charge in [-0.05, 0) is 36.6 Å². The minimum Gasteiger partial charge on any atom is -0.508 e. The van der Waals surface area contributed by atoms with Crippen molar-refractivity contribution in [1.82, 2.24) is 5.32 Å². The Balaban J connectivity index is 1.65. The van der Waals surface area contributed by atoms with Gasteiger partial charge in [0.1, 0.15) is 5.75 Å². The van der Waals surface area contributed by atoms with E-state index >= 15 is 0 Å². The summed E-state index contributed by atoms with van der Waals surface area (Å²) in [4.78, 5) is 23.8. The van der Waals surface area contributed by atoms with Crippen LogP contribution in [0, 0.1) is 0 Å². The van der Waals surface area contributed by atoms with E-state index in [1.165, 1.54) is 0 Å². The molecule has 0 unspecified atom stereocenters. The van der Waals surface area contributed by atoms with E-state index in [0.29, 0.717) is 37.8 Å². The summed E-state index contributed by atoms with van der Waals surface area (Å²) in [5.41, 5.74) is 1.47. The van der Waals surface area contributed by atoms with E-state index in [-0.39, 0.29) is 17.4 Å². The average Bonchev–Trinajstić information content (AvgIpc) is 2.57. The molecule has 5 heteroatoms. The third-order valence-corrected chi connectivity index (χ3v) is 4.21. The molecule has 0 saturated carbocycles. The Kier molecular flexibility index (Phi) is 7.00. The number of aromatic hydroxyl groups is 1. The fourth-order valence-electron chi connectivity index (χ4n) is 2.34. The van der Waals surface area contributed by atoms with E-state index in [2.05, 4.69) is 21.2 Å². The third kappa shape index (κ3) is 5.81. The molecule has 0 aromatic heterocycles. The van der Waals surface area contributed by atoms with Crippen molar-refractivity contribution >= 4 is 27.6 Å². The minimum atomic E-state index is -0.0750. The molecule has 0 radical (unpaired) electrons. The van der Waals surface area contributed by atoms with Crippen LogP contribution in [0.25, 0.3) is 0 Å². The number of halogens is 1. The Morgan fingerprint density at radius 2 is 1.71 bits per heavy atom. The zero-order valence-corrected chi connectivity index (χ0v) is 14.9. The number of benzene rings is 2. The van der Waals surface area contributed by atoms with Gasteiger partial charge in [0, 0.05) is 29.4 Å². The van der Waals surface area contributed by atoms with Crippen molar-refractivity contribution in [3.05, 3.63) is 64.1 Å². The second kappa shape index (κ2) is 9.23. The summed E-state index contributed by atoms with van der Waals surface area (Å²) < 4.78 is 0.933. The molecular weight excluding hydrogens is 370 g/mol. The Morgan fingerprint density at radius 3 is 2.42 bits per heavy atom. The summed E-state index contributed by atoms with van der Waals surface area (Å²) in [7, 11) is 0. The first-order valence-electron chi connectivity index (χ1n) is 7.88. The Hall–Kier alpha value is -2.14. The molecular formula is C19H20BrNO3. The van der Waals surface area contributed by atoms with Crippen LogP contribution in [0.5, 0.6) is 5.75 Å². The quantitative estimate of drug-likeness (QED) is 0.673. The maximum absolute atomic E-state index is 12.0. The number of ketones is 1. The number of hydrogen-bond acceptors (Lipinski definition) is 3. The fraction of sp³-hybridized carbons (Fsp3) is 0.263. The predicted molar refractivity (Wildman–Crippen MR) is 97.1 cm³/mol. The summed E-state index contributed by atoms with van der Waals surface area (Å²) in [6.07, 6.45) is 1.78. The average molecular weight is 390 g/mol. The molecule has 0 aliphatic carbocycles. The van der Waals surface area contributed by atoms with Gasteiger partial charge < -0.3 is 10.4 Å². The SMILES string of the molecule is O=C(CCCC(=O)c1ccc(Br)cc1)NCCc1ccccc1O. The first kappa shape index (κ1) is 18.2. The first-order chi connectivity index (χ1) is 11.6. The molecule has 0 fully saturated rings. The number of nitrogens with one attached hydrogen (secondary N) is 1. The van der Waals surface area contributed by atoms with Crippen molar-refractivity contribution in [3.8, 4) is 5.75 Å². The van der Waals surface area contributed by atoms with E-state index in [1.807, 2.05) is 24.3 Å². The van der Waals surface area contributed by atoms with Gasteiger partial charge in [-0.15, -0.1) is 0 Å². The van der Waals surface area contributed by atoms with Crippen LogP contribution in [0.1, 0.15) is 35.2 Å². The lowest BCUT2D eigenvalue weighted by molar-refractivity contribution is -0.121. The normalized spacial score (nSPS) is 10.4. The summed E-state index contributed by atoms with van der Waals surface area (Å²) in [6, 6.07) is 14.3. The maximum Gasteiger partial charge on any atom is 0.220 e. The molecule has 0 aliphatic rings. The van der Waals surface area contributed by atoms with Crippen LogP contribution in [0.3, 0.4) is 0 Å². The van der Waals surface area contributed by atoms with Crippen LogP contribution in [0.15, 0.2) is 53.0 Å². The van der Waals surface area contributed by atoms with Gasteiger partial charge >= 0.3 is 0 Å². The molecule has 0 saturated heterocycles. The molecule has 24 heavy (non-hydrogen) atoms. The van der Waals surface area contributed by atoms with Crippen LogP contribution in [-0.2, 0) is 11.2 Å². The highest BCUT2D eigenvalue weighted by Crippen LogP contribution is 2.15. The van der Waals surface area contributed by atoms with Gasteiger partial charge in [-0.1, -0.05) is 46.3 Å². The van der Waals surface area contributed by atoms with Crippen LogP contribution in [0.2, 0.25) is 0 Å². The van der Waals surface area contributed by atoms with E-state index in [1.54, 1.807) is 24.3 Å². The number of phenolic OH excluding ortho intramolecular Hbond substituents is 1. The summed E-state index contributed by atoms with van der Waals surface area (Å²) >= 11 is 3.33. The van der Waals surface area contributed by atoms with Crippen molar-refractivity contribution in [1.29, 1.82) is 0 Å². The third-order valence-electron chi connectivity index (χ3n) is 3.68. The van der Waals surface area contributed by atoms with Crippen molar-refractivity contribution < 1.29 is 14.7 Å². The number of para-hydroxylation sites is 1. The highest BCUT2D eigenvalue weighted by molar-refractivity contribution is 9.10. The molecule has 2 aromatic carbocycles. The van der Waals surface area contributed by atoms with Gasteiger partial charge in [-0.3, -0.25) is 9.59 Å². The molecule has 4 nitrogen and oxygen atoms in total. The van der Waals surface area contributed by atoms with E-state index in [4.69, 9.17) is 0 Å². The standard InChI is InChI=1S/C19H20BrNO3/c20-16-10-8-15(9-11-16)18(23)6-3-7-19(24)21-13-12-14-4-1-2-5-17(14)22/h1-2,4-5,8-11,22H,3,6-7,12-13H2,(H,21,24). The van der Waals surface area contributed by atoms with E-state index < -0.39 is 0 Å². The molecule has 126 valence electrons. The van der Waals surface area contributed by atoms with Crippen molar-refractivity contribution in [2.75, 3.05) is 6.54 Å². The van der Waals surface area contributed by atoms with Gasteiger partial charge in [0.15, 0.2) is 5.78 Å². The zero-order chi connectivity index (χ0) is 17.4. The van der Waals surface area contributed by atoms with Crippen LogP contribution in [-0.4, -0.2) is 23.3 Å². The zero-order valence-electron chi connectivity index (χ0n) is 13.3. The monoisotopic (exact) mass is 389 g/mol. The first-order valence-corrected chi connectivity index (χ1v) is 8.68. The van der Waals surface area contributed by atoms with Gasteiger partial charge in [0.2, 0.25) is 5.91 Å². The van der Waals surface area contributed by atoms with Gasteiger partial charge in [-0.2, -0.15) is 0 Å². The molecule has 0 heterocycles. The van der Waals surface area contributed by atoms with E-state index in [0.717, 1.165) is 10.0 Å². The number of carbonyl (C=O) groups is 2. The number of Topliss-reactive ketones (excluding diaryl/α,β-unsaturated/α-hetero) is 1. The van der Waals surface area contributed by atoms with Gasteiger partial charge in [0.05, 0.1) is 0 Å². The predicted octanol–water partition coefficient (Wildman–Crippen LogP) is 3.87. The van der Waals surface area contributed by atoms with Crippen LogP contribution in [0.4, 0.5) is 0 Å². The van der Waals surface area contributed by atoms with Crippen LogP contribution < -0.4 is 5.32 Å². The highest BCUT2D eigenvalue weighted by atomic mass is 79.9. The van der Waals surface area contributed by atoms with E-state index in [9.17, 15) is 14.7 Å². The number of carbonyl (C=O) groups excluding carboxylic acids is 2. The second-order valence-electron chi connectivity index (χ2n) is 5.51. The maximum atomic E-state index is 12.0. The molecule has 0 atom stereocenters. The Bertz CT molecular complexity index is 698. The highest BCUT2D eigenvalue weighted by Gasteiger charge is 2.08. The number of amides is 1. The number of hydrogen-bond donors (Lipinski definition) is 2. The second-order valence-corrected chi connectivity index (χ2v) is 6.43. The summed E-state index contributed by atoms with van der Waals surface area (Å²) in [5.74, 6) is 0.213. The molecule has 0 aliphatic heterocycles. The molecule has 0 spiro atoms. The number of phenols is 1. The largest absolute Gasteiger partial charge is 0.508 e. The molecule has 2 N–H and O–H groups in total. The van der Waals surface area contributed by atoms with Crippen molar-refractivity contribution in [2.24, 2.45) is 0 Å². The van der Waals surface area contributed by atoms with Gasteiger partial charge in [-0.25, -0.2) is 0 Å². The Labute approximate surface area is 150 Å².